The zero-order valence-electron chi connectivity index (χ0n) is 17.5. The molecule has 3 heteroatoms. The highest BCUT2D eigenvalue weighted by Crippen LogP contribution is 2.50. The van der Waals surface area contributed by atoms with Crippen LogP contribution in [0.2, 0.25) is 0 Å². The number of nitriles is 1. The Morgan fingerprint density at radius 1 is 1.04 bits per heavy atom. The summed E-state index contributed by atoms with van der Waals surface area (Å²) < 4.78 is 6.00. The lowest BCUT2D eigenvalue weighted by atomic mass is 9.60. The van der Waals surface area contributed by atoms with Crippen LogP contribution in [0.3, 0.4) is 0 Å². The van der Waals surface area contributed by atoms with Crippen molar-refractivity contribution in [3.63, 3.8) is 0 Å². The van der Waals surface area contributed by atoms with E-state index < -0.39 is 0 Å². The van der Waals surface area contributed by atoms with Crippen LogP contribution in [-0.2, 0) is 9.53 Å². The van der Waals surface area contributed by atoms with Crippen LogP contribution in [0.4, 0.5) is 0 Å². The lowest BCUT2D eigenvalue weighted by molar-refractivity contribution is -0.159. The minimum absolute atomic E-state index is 0.0729. The molecule has 0 aromatic heterocycles. The fraction of sp³-hybridized carbons (Fsp3) is 0.917. The third-order valence-corrected chi connectivity index (χ3v) is 7.86. The van der Waals surface area contributed by atoms with Crippen LogP contribution in [0.5, 0.6) is 0 Å². The largest absolute Gasteiger partial charge is 0.462 e. The van der Waals surface area contributed by atoms with Crippen molar-refractivity contribution in [1.29, 1.82) is 5.26 Å². The summed E-state index contributed by atoms with van der Waals surface area (Å²) in [4.78, 5) is 12.7. The Bertz CT molecular complexity index is 531. The lowest BCUT2D eigenvalue weighted by Crippen LogP contribution is -2.39. The summed E-state index contributed by atoms with van der Waals surface area (Å²) in [5.74, 6) is 2.40. The molecule has 0 amide bonds. The Hall–Kier alpha value is -1.04. The molecule has 0 spiro atoms. The Morgan fingerprint density at radius 3 is 2.48 bits per heavy atom. The predicted molar refractivity (Wildman–Crippen MR) is 108 cm³/mol. The number of nitrogens with zero attached hydrogens (tertiary/aromatic N) is 1. The van der Waals surface area contributed by atoms with E-state index in [4.69, 9.17) is 4.74 Å². The summed E-state index contributed by atoms with van der Waals surface area (Å²) in [6, 6.07) is 2.66. The molecular formula is C24H39NO2. The average Bonchev–Trinajstić information content (AvgIpc) is 2.69. The molecule has 0 aliphatic heterocycles. The van der Waals surface area contributed by atoms with Crippen molar-refractivity contribution in [2.45, 2.75) is 110 Å². The monoisotopic (exact) mass is 373 g/mol. The highest BCUT2D eigenvalue weighted by molar-refractivity contribution is 5.72. The first kappa shape index (κ1) is 20.7. The summed E-state index contributed by atoms with van der Waals surface area (Å²) in [5, 5.41) is 9.71. The highest BCUT2D eigenvalue weighted by atomic mass is 16.5. The van der Waals surface area contributed by atoms with Crippen molar-refractivity contribution in [2.75, 3.05) is 0 Å². The third-order valence-electron chi connectivity index (χ3n) is 7.86. The Morgan fingerprint density at radius 2 is 1.81 bits per heavy atom. The van der Waals surface area contributed by atoms with E-state index in [1.165, 1.54) is 25.7 Å². The van der Waals surface area contributed by atoms with E-state index in [1.54, 1.807) is 0 Å². The van der Waals surface area contributed by atoms with Gasteiger partial charge in [-0.3, -0.25) is 4.79 Å². The normalized spacial score (nSPS) is 39.2. The molecule has 3 fully saturated rings. The lowest BCUT2D eigenvalue weighted by Gasteiger charge is -2.45. The predicted octanol–water partition coefficient (Wildman–Crippen LogP) is 6.41. The number of carbonyl (C=O) groups is 1. The minimum Gasteiger partial charge on any atom is -0.462 e. The second-order valence-electron chi connectivity index (χ2n) is 9.78. The Labute approximate surface area is 166 Å². The van der Waals surface area contributed by atoms with Crippen LogP contribution in [0.25, 0.3) is 0 Å². The summed E-state index contributed by atoms with van der Waals surface area (Å²) in [7, 11) is 0. The smallest absolute Gasteiger partial charge is 0.309 e. The minimum atomic E-state index is -0.0729. The molecule has 0 N–H and O–H groups in total. The maximum absolute atomic E-state index is 12.7. The maximum atomic E-state index is 12.7. The summed E-state index contributed by atoms with van der Waals surface area (Å²) in [6.45, 7) is 4.45. The van der Waals surface area contributed by atoms with Gasteiger partial charge in [-0.25, -0.2) is 0 Å². The molecule has 0 heterocycles. The fourth-order valence-electron chi connectivity index (χ4n) is 6.30. The van der Waals surface area contributed by atoms with Gasteiger partial charge in [0, 0.05) is 0 Å². The van der Waals surface area contributed by atoms with E-state index in [2.05, 4.69) is 19.9 Å². The van der Waals surface area contributed by atoms with Gasteiger partial charge in [0.25, 0.3) is 0 Å². The molecule has 0 bridgehead atoms. The number of hydrogen-bond acceptors (Lipinski definition) is 3. The Balaban J connectivity index is 1.45. The molecule has 3 rings (SSSR count). The van der Waals surface area contributed by atoms with Gasteiger partial charge in [0.15, 0.2) is 0 Å². The van der Waals surface area contributed by atoms with Gasteiger partial charge in [0.1, 0.15) is 6.10 Å². The average molecular weight is 374 g/mol. The first-order chi connectivity index (χ1) is 13.1. The van der Waals surface area contributed by atoms with Crippen molar-refractivity contribution >= 4 is 5.97 Å². The summed E-state index contributed by atoms with van der Waals surface area (Å²) in [6.07, 6.45) is 15.8. The third kappa shape index (κ3) is 5.07. The van der Waals surface area contributed by atoms with E-state index in [1.807, 2.05) is 0 Å². The number of fused-ring (bicyclic) bond motifs is 1. The molecule has 3 saturated carbocycles. The molecule has 3 aliphatic rings. The van der Waals surface area contributed by atoms with Gasteiger partial charge in [-0.05, 0) is 88.4 Å². The van der Waals surface area contributed by atoms with Gasteiger partial charge < -0.3 is 4.74 Å². The molecule has 152 valence electrons. The number of rotatable bonds is 6. The van der Waals surface area contributed by atoms with Crippen LogP contribution in [0, 0.1) is 40.4 Å². The van der Waals surface area contributed by atoms with Crippen LogP contribution >= 0.6 is 0 Å². The highest BCUT2D eigenvalue weighted by Gasteiger charge is 2.43. The number of hydrogen-bond donors (Lipinski definition) is 0. The Kier molecular flexibility index (Phi) is 7.23. The molecule has 27 heavy (non-hydrogen) atoms. The van der Waals surface area contributed by atoms with Crippen molar-refractivity contribution < 1.29 is 9.53 Å². The second-order valence-corrected chi connectivity index (χ2v) is 9.78. The van der Waals surface area contributed by atoms with Crippen molar-refractivity contribution in [2.24, 2.45) is 29.1 Å². The van der Waals surface area contributed by atoms with Gasteiger partial charge in [0.05, 0.1) is 17.4 Å². The van der Waals surface area contributed by atoms with Gasteiger partial charge in [-0.15, -0.1) is 0 Å². The zero-order chi connectivity index (χ0) is 19.3. The van der Waals surface area contributed by atoms with Crippen LogP contribution in [0.15, 0.2) is 0 Å². The second kappa shape index (κ2) is 9.44. The number of carbonyl (C=O) groups excluding carboxylic acids is 1. The molecule has 0 aromatic carbocycles. The topological polar surface area (TPSA) is 50.1 Å². The first-order valence-electron chi connectivity index (χ1n) is 11.7. The van der Waals surface area contributed by atoms with Crippen LogP contribution < -0.4 is 0 Å². The van der Waals surface area contributed by atoms with Gasteiger partial charge in [-0.2, -0.15) is 5.26 Å². The molecule has 0 saturated heterocycles. The van der Waals surface area contributed by atoms with E-state index >= 15 is 0 Å². The quantitative estimate of drug-likeness (QED) is 0.505. The molecule has 3 aliphatic carbocycles. The molecule has 0 aromatic rings. The van der Waals surface area contributed by atoms with E-state index in [0.717, 1.165) is 70.1 Å². The molecule has 2 unspecified atom stereocenters. The standard InChI is InChI=1S/C24H39NO2/c1-3-5-18-6-8-19(9-7-18)23(26)27-22-11-10-21-16-24(17-25,13-4-2)14-12-20(21)15-22/h18-22H,3-16H2,1-2H3/t18-,19-,20-,21?,22?,24+/m1/s1. The molecule has 4 atom stereocenters. The molecule has 3 nitrogen and oxygen atoms in total. The van der Waals surface area contributed by atoms with Crippen LogP contribution in [0.1, 0.15) is 104 Å². The van der Waals surface area contributed by atoms with Crippen LogP contribution in [-0.4, -0.2) is 12.1 Å². The van der Waals surface area contributed by atoms with E-state index in [0.29, 0.717) is 11.8 Å². The van der Waals surface area contributed by atoms with Gasteiger partial charge in [0.2, 0.25) is 0 Å². The fourth-order valence-corrected chi connectivity index (χ4v) is 6.30. The number of ether oxygens (including phenoxy) is 1. The SMILES string of the molecule is CCC[C@]1(C#N)CC[C@@H]2CC(OC(=O)[C@H]3CC[C@H](CCC)CC3)CCC2C1. The molecular weight excluding hydrogens is 334 g/mol. The van der Waals surface area contributed by atoms with Gasteiger partial charge >= 0.3 is 5.97 Å². The van der Waals surface area contributed by atoms with Gasteiger partial charge in [-0.1, -0.05) is 33.1 Å². The van der Waals surface area contributed by atoms with Crippen molar-refractivity contribution in [3.05, 3.63) is 0 Å². The van der Waals surface area contributed by atoms with E-state index in [9.17, 15) is 10.1 Å². The zero-order valence-corrected chi connectivity index (χ0v) is 17.5. The van der Waals surface area contributed by atoms with Crippen molar-refractivity contribution in [3.8, 4) is 6.07 Å². The molecule has 0 radical (unpaired) electrons. The van der Waals surface area contributed by atoms with E-state index in [-0.39, 0.29) is 23.4 Å². The summed E-state index contributed by atoms with van der Waals surface area (Å²) in [5.41, 5.74) is -0.0729. The maximum Gasteiger partial charge on any atom is 0.309 e. The number of esters is 1. The summed E-state index contributed by atoms with van der Waals surface area (Å²) >= 11 is 0. The van der Waals surface area contributed by atoms with Crippen molar-refractivity contribution in [1.82, 2.24) is 0 Å². The first-order valence-corrected chi connectivity index (χ1v) is 11.7.